The monoisotopic (exact) mass is 296 g/mol. The van der Waals surface area contributed by atoms with E-state index >= 15 is 0 Å². The van der Waals surface area contributed by atoms with Gasteiger partial charge in [0.1, 0.15) is 0 Å². The van der Waals surface area contributed by atoms with Crippen LogP contribution in [-0.4, -0.2) is 33.7 Å². The Labute approximate surface area is 124 Å². The van der Waals surface area contributed by atoms with Crippen LogP contribution in [0.4, 0.5) is 5.69 Å². The highest BCUT2D eigenvalue weighted by molar-refractivity contribution is 8.00. The number of nitrogens with two attached hydrogens (primary N) is 1. The average Bonchev–Trinajstić information content (AvgIpc) is 2.86. The summed E-state index contributed by atoms with van der Waals surface area (Å²) in [5.41, 5.74) is 7.56. The van der Waals surface area contributed by atoms with E-state index in [1.165, 1.54) is 32.1 Å². The maximum absolute atomic E-state index is 12.2. The van der Waals surface area contributed by atoms with Gasteiger partial charge >= 0.3 is 0 Å². The molecule has 1 heterocycles. The standard InChI is InChI=1S/C14H24N4OS/c1-3-10-11(15)12(18-17-10)13(19)16-9-14(20-2)7-5-4-6-8-14/h3-9,15H2,1-2H3,(H,16,19)(H,17,18). The summed E-state index contributed by atoms with van der Waals surface area (Å²) in [6.45, 7) is 2.68. The summed E-state index contributed by atoms with van der Waals surface area (Å²) in [6, 6.07) is 0. The first-order valence-corrected chi connectivity index (χ1v) is 8.50. The molecule has 2 rings (SSSR count). The molecule has 0 aliphatic heterocycles. The quantitative estimate of drug-likeness (QED) is 0.779. The molecule has 1 aliphatic carbocycles. The second-order valence-electron chi connectivity index (χ2n) is 5.45. The van der Waals surface area contributed by atoms with E-state index < -0.39 is 0 Å². The van der Waals surface area contributed by atoms with Crippen molar-refractivity contribution >= 4 is 23.4 Å². The Balaban J connectivity index is 1.98. The summed E-state index contributed by atoms with van der Waals surface area (Å²) >= 11 is 1.87. The molecule has 1 aliphatic rings. The smallest absolute Gasteiger partial charge is 0.273 e. The Morgan fingerprint density at radius 3 is 2.70 bits per heavy atom. The van der Waals surface area contributed by atoms with Crippen molar-refractivity contribution in [1.82, 2.24) is 15.5 Å². The minimum atomic E-state index is -0.169. The third-order valence-corrected chi connectivity index (χ3v) is 5.64. The van der Waals surface area contributed by atoms with Crippen molar-refractivity contribution in [3.8, 4) is 0 Å². The number of rotatable bonds is 5. The number of carbonyl (C=O) groups is 1. The predicted octanol–water partition coefficient (Wildman–Crippen LogP) is 2.35. The van der Waals surface area contributed by atoms with Gasteiger partial charge in [-0.15, -0.1) is 0 Å². The molecule has 20 heavy (non-hydrogen) atoms. The zero-order valence-electron chi connectivity index (χ0n) is 12.3. The average molecular weight is 296 g/mol. The van der Waals surface area contributed by atoms with E-state index in [0.29, 0.717) is 17.9 Å². The van der Waals surface area contributed by atoms with Gasteiger partial charge in [0.15, 0.2) is 5.69 Å². The molecule has 1 aromatic rings. The molecule has 0 radical (unpaired) electrons. The first-order valence-electron chi connectivity index (χ1n) is 7.28. The zero-order valence-corrected chi connectivity index (χ0v) is 13.1. The molecular formula is C14H24N4OS. The number of hydrogen-bond donors (Lipinski definition) is 3. The normalized spacial score (nSPS) is 17.9. The number of aromatic nitrogens is 2. The number of anilines is 1. The van der Waals surface area contributed by atoms with Gasteiger partial charge in [-0.05, 0) is 25.5 Å². The summed E-state index contributed by atoms with van der Waals surface area (Å²) < 4.78 is 0.187. The Morgan fingerprint density at radius 1 is 1.45 bits per heavy atom. The molecule has 0 bridgehead atoms. The van der Waals surface area contributed by atoms with Crippen LogP contribution in [0.1, 0.15) is 55.2 Å². The van der Waals surface area contributed by atoms with E-state index in [1.807, 2.05) is 18.7 Å². The molecule has 0 spiro atoms. The van der Waals surface area contributed by atoms with E-state index in [0.717, 1.165) is 12.1 Å². The van der Waals surface area contributed by atoms with Gasteiger partial charge in [-0.1, -0.05) is 26.2 Å². The first-order chi connectivity index (χ1) is 9.62. The summed E-state index contributed by atoms with van der Waals surface area (Å²) in [4.78, 5) is 12.2. The minimum absolute atomic E-state index is 0.169. The van der Waals surface area contributed by atoms with Crippen LogP contribution >= 0.6 is 11.8 Å². The number of thioether (sulfide) groups is 1. The number of hydrogen-bond acceptors (Lipinski definition) is 4. The van der Waals surface area contributed by atoms with Gasteiger partial charge in [0.05, 0.1) is 11.4 Å². The highest BCUT2D eigenvalue weighted by Gasteiger charge is 2.32. The largest absolute Gasteiger partial charge is 0.395 e. The van der Waals surface area contributed by atoms with Crippen LogP contribution in [-0.2, 0) is 6.42 Å². The summed E-state index contributed by atoms with van der Waals surface area (Å²) in [5, 5.41) is 9.87. The van der Waals surface area contributed by atoms with Crippen LogP contribution in [0, 0.1) is 0 Å². The maximum Gasteiger partial charge on any atom is 0.273 e. The zero-order chi connectivity index (χ0) is 14.6. The number of carbonyl (C=O) groups excluding carboxylic acids is 1. The van der Waals surface area contributed by atoms with Crippen molar-refractivity contribution in [2.24, 2.45) is 0 Å². The Kier molecular flexibility index (Phi) is 4.96. The molecule has 1 fully saturated rings. The third kappa shape index (κ3) is 3.11. The lowest BCUT2D eigenvalue weighted by Crippen LogP contribution is -2.42. The van der Waals surface area contributed by atoms with Crippen LogP contribution in [0.25, 0.3) is 0 Å². The summed E-state index contributed by atoms with van der Waals surface area (Å²) in [6.07, 6.45) is 9.04. The highest BCUT2D eigenvalue weighted by atomic mass is 32.2. The van der Waals surface area contributed by atoms with Crippen LogP contribution in [0.5, 0.6) is 0 Å². The number of nitrogen functional groups attached to an aromatic ring is 1. The topological polar surface area (TPSA) is 83.8 Å². The van der Waals surface area contributed by atoms with Gasteiger partial charge < -0.3 is 11.1 Å². The fraction of sp³-hybridized carbons (Fsp3) is 0.714. The van der Waals surface area contributed by atoms with Crippen LogP contribution < -0.4 is 11.1 Å². The SMILES string of the molecule is CCc1[nH]nc(C(=O)NCC2(SC)CCCCC2)c1N. The highest BCUT2D eigenvalue weighted by Crippen LogP contribution is 2.38. The molecule has 0 aromatic carbocycles. The fourth-order valence-corrected chi connectivity index (χ4v) is 3.72. The van der Waals surface area contributed by atoms with E-state index in [9.17, 15) is 4.79 Å². The van der Waals surface area contributed by atoms with Crippen LogP contribution in [0.2, 0.25) is 0 Å². The molecule has 1 saturated carbocycles. The van der Waals surface area contributed by atoms with E-state index in [2.05, 4.69) is 21.8 Å². The van der Waals surface area contributed by atoms with Gasteiger partial charge in [-0.2, -0.15) is 16.9 Å². The Hall–Kier alpha value is -1.17. The third-order valence-electron chi connectivity index (χ3n) is 4.22. The van der Waals surface area contributed by atoms with E-state index in [1.54, 1.807) is 0 Å². The molecule has 0 unspecified atom stereocenters. The Bertz CT molecular complexity index is 466. The second kappa shape index (κ2) is 6.52. The summed E-state index contributed by atoms with van der Waals surface area (Å²) in [7, 11) is 0. The number of H-pyrrole nitrogens is 1. The van der Waals surface area contributed by atoms with Gasteiger partial charge in [-0.25, -0.2) is 0 Å². The molecule has 6 heteroatoms. The lowest BCUT2D eigenvalue weighted by Gasteiger charge is -2.35. The van der Waals surface area contributed by atoms with Gasteiger partial charge in [0, 0.05) is 11.3 Å². The molecule has 4 N–H and O–H groups in total. The van der Waals surface area contributed by atoms with Crippen molar-refractivity contribution in [1.29, 1.82) is 0 Å². The van der Waals surface area contributed by atoms with Gasteiger partial charge in [0.25, 0.3) is 5.91 Å². The van der Waals surface area contributed by atoms with Crippen LogP contribution in [0.15, 0.2) is 0 Å². The van der Waals surface area contributed by atoms with Crippen molar-refractivity contribution in [2.75, 3.05) is 18.5 Å². The number of aromatic amines is 1. The fourth-order valence-electron chi connectivity index (χ4n) is 2.80. The Morgan fingerprint density at radius 2 is 2.15 bits per heavy atom. The molecule has 5 nitrogen and oxygen atoms in total. The van der Waals surface area contributed by atoms with Crippen LogP contribution in [0.3, 0.4) is 0 Å². The van der Waals surface area contributed by atoms with E-state index in [4.69, 9.17) is 5.73 Å². The number of nitrogens with zero attached hydrogens (tertiary/aromatic N) is 1. The number of nitrogens with one attached hydrogen (secondary N) is 2. The van der Waals surface area contributed by atoms with Crippen molar-refractivity contribution in [3.05, 3.63) is 11.4 Å². The predicted molar refractivity (Wildman–Crippen MR) is 84.0 cm³/mol. The molecule has 112 valence electrons. The molecule has 1 aromatic heterocycles. The minimum Gasteiger partial charge on any atom is -0.395 e. The van der Waals surface area contributed by atoms with Crippen molar-refractivity contribution in [2.45, 2.75) is 50.2 Å². The van der Waals surface area contributed by atoms with E-state index in [-0.39, 0.29) is 10.7 Å². The lowest BCUT2D eigenvalue weighted by molar-refractivity contribution is 0.0943. The molecular weight excluding hydrogens is 272 g/mol. The maximum atomic E-state index is 12.2. The molecule has 1 amide bonds. The number of aryl methyl sites for hydroxylation is 1. The molecule has 0 atom stereocenters. The number of amides is 1. The lowest BCUT2D eigenvalue weighted by atomic mass is 9.88. The first kappa shape index (κ1) is 15.2. The summed E-state index contributed by atoms with van der Waals surface area (Å²) in [5.74, 6) is -0.169. The van der Waals surface area contributed by atoms with Gasteiger partial charge in [-0.3, -0.25) is 9.89 Å². The second-order valence-corrected chi connectivity index (χ2v) is 6.72. The van der Waals surface area contributed by atoms with Crippen molar-refractivity contribution in [3.63, 3.8) is 0 Å². The van der Waals surface area contributed by atoms with Crippen molar-refractivity contribution < 1.29 is 4.79 Å². The molecule has 0 saturated heterocycles. The van der Waals surface area contributed by atoms with Gasteiger partial charge in [0.2, 0.25) is 0 Å².